The van der Waals surface area contributed by atoms with E-state index in [1.54, 1.807) is 18.2 Å². The van der Waals surface area contributed by atoms with Crippen molar-refractivity contribution in [3.8, 4) is 21.7 Å². The summed E-state index contributed by atoms with van der Waals surface area (Å²) in [5.74, 6) is -0.427. The number of nitrogens with zero attached hydrogens (tertiary/aromatic N) is 1. The first-order chi connectivity index (χ1) is 15.1. The maximum Gasteiger partial charge on any atom is 0.233 e. The first-order valence-electron chi connectivity index (χ1n) is 9.13. The average Bonchev–Trinajstić information content (AvgIpc) is 3.20. The second-order valence-electron chi connectivity index (χ2n) is 6.92. The molecule has 0 saturated carbocycles. The van der Waals surface area contributed by atoms with Gasteiger partial charge in [0.25, 0.3) is 0 Å². The molecular formula is C22H15ClFNO4S3. The third-order valence-corrected chi connectivity index (χ3v) is 9.20. The van der Waals surface area contributed by atoms with Gasteiger partial charge in [0.05, 0.1) is 20.4 Å². The molecule has 0 amide bonds. The molecule has 0 N–H and O–H groups in total. The molecule has 0 saturated heterocycles. The van der Waals surface area contributed by atoms with E-state index in [0.717, 1.165) is 17.6 Å². The van der Waals surface area contributed by atoms with E-state index in [9.17, 15) is 21.2 Å². The highest BCUT2D eigenvalue weighted by molar-refractivity contribution is 7.93. The molecule has 0 spiro atoms. The maximum atomic E-state index is 13.5. The number of hydrogen-bond donors (Lipinski definition) is 0. The minimum Gasteiger partial charge on any atom is -0.224 e. The number of benzene rings is 3. The Morgan fingerprint density at radius 2 is 1.47 bits per heavy atom. The molecule has 0 aliphatic heterocycles. The summed E-state index contributed by atoms with van der Waals surface area (Å²) in [6.07, 6.45) is 1.10. The zero-order chi connectivity index (χ0) is 23.1. The van der Waals surface area contributed by atoms with Gasteiger partial charge in [-0.3, -0.25) is 0 Å². The minimum atomic E-state index is -3.97. The Hall–Kier alpha value is -2.59. The van der Waals surface area contributed by atoms with Gasteiger partial charge in [0.2, 0.25) is 14.2 Å². The number of rotatable bonds is 5. The van der Waals surface area contributed by atoms with Gasteiger partial charge in [0, 0.05) is 16.8 Å². The van der Waals surface area contributed by atoms with Crippen molar-refractivity contribution in [2.45, 2.75) is 14.1 Å². The third kappa shape index (κ3) is 4.47. The van der Waals surface area contributed by atoms with Crippen molar-refractivity contribution >= 4 is 42.6 Å². The Morgan fingerprint density at radius 1 is 0.844 bits per heavy atom. The quantitative estimate of drug-likeness (QED) is 0.356. The number of thiazole rings is 1. The lowest BCUT2D eigenvalue weighted by atomic mass is 10.1. The van der Waals surface area contributed by atoms with Gasteiger partial charge in [-0.2, -0.15) is 0 Å². The van der Waals surface area contributed by atoms with Crippen molar-refractivity contribution < 1.29 is 21.2 Å². The Balaban J connectivity index is 1.91. The molecular weight excluding hydrogens is 493 g/mol. The smallest absolute Gasteiger partial charge is 0.224 e. The highest BCUT2D eigenvalue weighted by atomic mass is 35.5. The summed E-state index contributed by atoms with van der Waals surface area (Å²) in [5, 5.41) is 0.276. The van der Waals surface area contributed by atoms with E-state index in [0.29, 0.717) is 21.7 Å². The fraction of sp³-hybridized carbons (Fsp3) is 0.0455. The predicted octanol–water partition coefficient (Wildman–Crippen LogP) is 5.51. The van der Waals surface area contributed by atoms with Crippen LogP contribution in [0.5, 0.6) is 0 Å². The molecule has 10 heteroatoms. The van der Waals surface area contributed by atoms with Crippen LogP contribution in [0, 0.1) is 5.82 Å². The molecule has 0 atom stereocenters. The topological polar surface area (TPSA) is 81.2 Å². The van der Waals surface area contributed by atoms with Gasteiger partial charge in [0.1, 0.15) is 5.82 Å². The molecule has 5 nitrogen and oxygen atoms in total. The maximum absolute atomic E-state index is 13.5. The monoisotopic (exact) mass is 507 g/mol. The van der Waals surface area contributed by atoms with Gasteiger partial charge in [-0.1, -0.05) is 41.9 Å². The standard InChI is InChI=1S/C22H15ClFNO4S3/c1-31(26,27)18-11-7-14(8-12-18)20-21(15-5-9-17(24)10-6-15)30-22(25-20)32(28,29)19-4-2-3-16(23)13-19/h2-13H,1H3. The lowest BCUT2D eigenvalue weighted by molar-refractivity contribution is 0.595. The zero-order valence-corrected chi connectivity index (χ0v) is 19.7. The average molecular weight is 508 g/mol. The van der Waals surface area contributed by atoms with Crippen LogP contribution in [0.3, 0.4) is 0 Å². The van der Waals surface area contributed by atoms with Crippen LogP contribution in [-0.2, 0) is 19.7 Å². The Labute approximate surface area is 194 Å². The van der Waals surface area contributed by atoms with Crippen LogP contribution in [-0.4, -0.2) is 28.1 Å². The Bertz CT molecular complexity index is 1510. The van der Waals surface area contributed by atoms with Crippen molar-refractivity contribution in [1.29, 1.82) is 0 Å². The lowest BCUT2D eigenvalue weighted by Gasteiger charge is -2.04. The lowest BCUT2D eigenvalue weighted by Crippen LogP contribution is -2.01. The van der Waals surface area contributed by atoms with Crippen molar-refractivity contribution in [1.82, 2.24) is 4.98 Å². The zero-order valence-electron chi connectivity index (χ0n) is 16.5. The van der Waals surface area contributed by atoms with E-state index in [1.807, 2.05) is 0 Å². The summed E-state index contributed by atoms with van der Waals surface area (Å²) in [5.41, 5.74) is 1.46. The molecule has 0 fully saturated rings. The van der Waals surface area contributed by atoms with Crippen LogP contribution < -0.4 is 0 Å². The molecule has 3 aromatic carbocycles. The van der Waals surface area contributed by atoms with Gasteiger partial charge in [-0.05, 0) is 48.0 Å². The summed E-state index contributed by atoms with van der Waals surface area (Å²) in [6, 6.07) is 17.5. The molecule has 164 valence electrons. The van der Waals surface area contributed by atoms with E-state index >= 15 is 0 Å². The van der Waals surface area contributed by atoms with Gasteiger partial charge in [-0.25, -0.2) is 26.2 Å². The number of halogens is 2. The molecule has 1 aromatic heterocycles. The summed E-state index contributed by atoms with van der Waals surface area (Å²) in [6.45, 7) is 0. The normalized spacial score (nSPS) is 12.1. The highest BCUT2D eigenvalue weighted by Gasteiger charge is 2.26. The van der Waals surface area contributed by atoms with Gasteiger partial charge < -0.3 is 0 Å². The SMILES string of the molecule is CS(=O)(=O)c1ccc(-c2nc(S(=O)(=O)c3cccc(Cl)c3)sc2-c2ccc(F)cc2)cc1. The van der Waals surface area contributed by atoms with E-state index in [4.69, 9.17) is 11.6 Å². The Morgan fingerprint density at radius 3 is 2.06 bits per heavy atom. The third-order valence-electron chi connectivity index (χ3n) is 4.61. The number of aromatic nitrogens is 1. The van der Waals surface area contributed by atoms with Crippen molar-refractivity contribution in [3.63, 3.8) is 0 Å². The van der Waals surface area contributed by atoms with E-state index < -0.39 is 25.5 Å². The van der Waals surface area contributed by atoms with Gasteiger partial charge >= 0.3 is 0 Å². The van der Waals surface area contributed by atoms with Crippen LogP contribution in [0.15, 0.2) is 86.9 Å². The second-order valence-corrected chi connectivity index (χ2v) is 12.5. The molecule has 0 bridgehead atoms. The van der Waals surface area contributed by atoms with Crippen LogP contribution in [0.4, 0.5) is 4.39 Å². The van der Waals surface area contributed by atoms with Crippen molar-refractivity contribution in [2.24, 2.45) is 0 Å². The van der Waals surface area contributed by atoms with Crippen molar-refractivity contribution in [3.05, 3.63) is 83.6 Å². The first kappa shape index (κ1) is 22.6. The number of sulfone groups is 2. The van der Waals surface area contributed by atoms with E-state index in [-0.39, 0.29) is 19.2 Å². The summed E-state index contributed by atoms with van der Waals surface area (Å²) in [4.78, 5) is 5.04. The molecule has 0 radical (unpaired) electrons. The summed E-state index contributed by atoms with van der Waals surface area (Å²) in [7, 11) is -7.36. The molecule has 1 heterocycles. The second kappa shape index (κ2) is 8.40. The van der Waals surface area contributed by atoms with Crippen LogP contribution in [0.2, 0.25) is 5.02 Å². The molecule has 0 aliphatic rings. The fourth-order valence-corrected chi connectivity index (χ4v) is 6.64. The van der Waals surface area contributed by atoms with Crippen molar-refractivity contribution in [2.75, 3.05) is 6.26 Å². The molecule has 4 aromatic rings. The fourth-order valence-electron chi connectivity index (χ4n) is 3.00. The van der Waals surface area contributed by atoms with Crippen LogP contribution >= 0.6 is 22.9 Å². The molecule has 0 aliphatic carbocycles. The summed E-state index contributed by atoms with van der Waals surface area (Å²) < 4.78 is 63.3. The van der Waals surface area contributed by atoms with E-state index in [2.05, 4.69) is 4.98 Å². The summed E-state index contributed by atoms with van der Waals surface area (Å²) >= 11 is 6.91. The van der Waals surface area contributed by atoms with Gasteiger partial charge in [-0.15, -0.1) is 11.3 Å². The van der Waals surface area contributed by atoms with Crippen LogP contribution in [0.25, 0.3) is 21.7 Å². The van der Waals surface area contributed by atoms with Crippen LogP contribution in [0.1, 0.15) is 0 Å². The minimum absolute atomic E-state index is 0.00313. The predicted molar refractivity (Wildman–Crippen MR) is 123 cm³/mol. The Kier molecular flexibility index (Phi) is 5.93. The van der Waals surface area contributed by atoms with Gasteiger partial charge in [0.15, 0.2) is 9.84 Å². The first-order valence-corrected chi connectivity index (χ1v) is 13.7. The molecule has 32 heavy (non-hydrogen) atoms. The largest absolute Gasteiger partial charge is 0.233 e. The van der Waals surface area contributed by atoms with E-state index in [1.165, 1.54) is 54.6 Å². The molecule has 0 unspecified atom stereocenters. The number of hydrogen-bond acceptors (Lipinski definition) is 6. The highest BCUT2D eigenvalue weighted by Crippen LogP contribution is 2.40. The molecule has 4 rings (SSSR count).